The first-order chi connectivity index (χ1) is 33.7. The van der Waals surface area contributed by atoms with E-state index in [1.165, 1.54) is 64.2 Å². The van der Waals surface area contributed by atoms with E-state index in [0.717, 1.165) is 56.1 Å². The number of benzene rings is 3. The predicted molar refractivity (Wildman–Crippen MR) is 265 cm³/mol. The van der Waals surface area contributed by atoms with Gasteiger partial charge in [0, 0.05) is 49.8 Å². The highest BCUT2D eigenvalue weighted by Gasteiger charge is 2.65. The van der Waals surface area contributed by atoms with E-state index in [-0.39, 0.29) is 56.4 Å². The van der Waals surface area contributed by atoms with Crippen LogP contribution in [0, 0.1) is 34.9 Å². The Morgan fingerprint density at radius 3 is 2.26 bits per heavy atom. The number of nitrogens with one attached hydrogen (secondary N) is 1. The molecule has 1 fully saturated rings. The smallest absolute Gasteiger partial charge is 0.412 e. The zero-order valence-corrected chi connectivity index (χ0v) is 40.7. The highest BCUT2D eigenvalue weighted by Crippen LogP contribution is 2.62. The van der Waals surface area contributed by atoms with Gasteiger partial charge in [0.25, 0.3) is 5.91 Å². The van der Waals surface area contributed by atoms with Crippen LogP contribution in [0.1, 0.15) is 149 Å². The first-order valence-corrected chi connectivity index (χ1v) is 25.3. The monoisotopic (exact) mass is 949 g/mol. The normalized spacial score (nSPS) is 21.8. The van der Waals surface area contributed by atoms with Crippen LogP contribution >= 0.6 is 0 Å². The average molecular weight is 949 g/mol. The number of hydrogen-bond acceptors (Lipinski definition) is 10. The van der Waals surface area contributed by atoms with Gasteiger partial charge in [-0.15, -0.1) is 6.58 Å². The number of aliphatic hydroxyl groups excluding tert-OH is 2. The number of rotatable bonds is 28. The minimum absolute atomic E-state index is 0.00214. The van der Waals surface area contributed by atoms with Crippen LogP contribution in [0.2, 0.25) is 0 Å². The summed E-state index contributed by atoms with van der Waals surface area (Å²) in [6, 6.07) is 19.1. The van der Waals surface area contributed by atoms with Gasteiger partial charge in [-0.2, -0.15) is 5.26 Å². The number of unbranched alkanes of at least 4 members (excludes halogenated alkanes) is 11. The molecular weight excluding hydrogens is 876 g/mol. The quantitative estimate of drug-likeness (QED) is 0.0365. The standard InChI is InChI=1S/C56H73FN4O8/c1-4-6-7-8-9-10-11-12-13-16-31-59-55(65)68-45-29-30-50-48(36-45)52-46(20-15-18-33-63)43(19-14-17-32-62)35-47-49(60-66-3)37-51(56(69-50,53(47)52)67-34-5-2)61(39-41-23-27-44(57)28-24-41)54(64)42-25-21-40(38-58)22-26-42/h5,21-30,35-36,43,46,51-53,62-63H,2,4,6-20,31-34,37,39H2,1,3H3,(H,59,65)/t43-,46+,51-,52+,53+,56+/m0/s1. The molecule has 3 N–H and O–H groups in total. The molecule has 3 aliphatic rings. The maximum atomic E-state index is 15.2. The van der Waals surface area contributed by atoms with Crippen LogP contribution in [-0.4, -0.2) is 78.1 Å². The van der Waals surface area contributed by atoms with Crippen molar-refractivity contribution in [2.75, 3.05) is 33.5 Å². The minimum Gasteiger partial charge on any atom is -0.459 e. The number of nitriles is 1. The molecule has 1 saturated carbocycles. The fourth-order valence-corrected chi connectivity index (χ4v) is 10.7. The minimum atomic E-state index is -1.56. The van der Waals surface area contributed by atoms with Gasteiger partial charge in [-0.25, -0.2) is 9.18 Å². The molecule has 2 amide bonds. The fraction of sp³-hybridized carbons (Fsp3) is 0.536. The third kappa shape index (κ3) is 13.6. The summed E-state index contributed by atoms with van der Waals surface area (Å²) in [5.41, 5.74) is 3.67. The first-order valence-electron chi connectivity index (χ1n) is 25.3. The molecule has 372 valence electrons. The number of hydrogen-bond donors (Lipinski definition) is 3. The van der Waals surface area contributed by atoms with Crippen LogP contribution < -0.4 is 14.8 Å². The van der Waals surface area contributed by atoms with Crippen molar-refractivity contribution in [2.24, 2.45) is 22.9 Å². The van der Waals surface area contributed by atoms with E-state index in [9.17, 15) is 24.7 Å². The topological polar surface area (TPSA) is 163 Å². The molecule has 0 aromatic heterocycles. The summed E-state index contributed by atoms with van der Waals surface area (Å²) in [5.74, 6) is -2.49. The summed E-state index contributed by atoms with van der Waals surface area (Å²) >= 11 is 0. The lowest BCUT2D eigenvalue weighted by atomic mass is 9.55. The SMILES string of the molecule is C=CCO[C@@]12Oc3ccc(OC(=O)NCCCCCCCCCCCC)cc3[C@H]3[C@H](CCCCO)[C@@H](CCCCO)C=C(C(=NOC)C[C@@H]1N(Cc1ccc(F)cc1)C(=O)c1ccc(C#N)cc1)[C@H]32. The van der Waals surface area contributed by atoms with Crippen molar-refractivity contribution in [2.45, 2.75) is 140 Å². The number of fused-ring (bicyclic) bond motifs is 2. The molecule has 69 heavy (non-hydrogen) atoms. The molecule has 0 spiro atoms. The van der Waals surface area contributed by atoms with Gasteiger partial charge in [-0.1, -0.05) is 107 Å². The summed E-state index contributed by atoms with van der Waals surface area (Å²) < 4.78 is 34.8. The van der Waals surface area contributed by atoms with E-state index in [1.807, 2.05) is 12.1 Å². The Balaban J connectivity index is 1.42. The molecule has 2 aliphatic carbocycles. The van der Waals surface area contributed by atoms with E-state index >= 15 is 4.79 Å². The lowest BCUT2D eigenvalue weighted by Gasteiger charge is -2.60. The molecule has 0 saturated heterocycles. The second-order valence-electron chi connectivity index (χ2n) is 18.7. The Bertz CT molecular complexity index is 2230. The second-order valence-corrected chi connectivity index (χ2v) is 18.7. The highest BCUT2D eigenvalue weighted by atomic mass is 19.1. The predicted octanol–water partition coefficient (Wildman–Crippen LogP) is 11.3. The zero-order chi connectivity index (χ0) is 49.0. The second kappa shape index (κ2) is 27.0. The lowest BCUT2D eigenvalue weighted by Crippen LogP contribution is -2.70. The molecule has 0 radical (unpaired) electrons. The van der Waals surface area contributed by atoms with Gasteiger partial charge in [-0.3, -0.25) is 4.79 Å². The number of carbonyl (C=O) groups excluding carboxylic acids is 2. The van der Waals surface area contributed by atoms with E-state index in [2.05, 4.69) is 36.1 Å². The van der Waals surface area contributed by atoms with E-state index in [0.29, 0.717) is 53.3 Å². The van der Waals surface area contributed by atoms with Crippen LogP contribution in [0.5, 0.6) is 11.5 Å². The number of carbonyl (C=O) groups is 2. The van der Waals surface area contributed by atoms with Crippen molar-refractivity contribution in [3.63, 3.8) is 0 Å². The molecule has 6 rings (SSSR count). The van der Waals surface area contributed by atoms with Crippen LogP contribution in [0.3, 0.4) is 0 Å². The van der Waals surface area contributed by atoms with Gasteiger partial charge >= 0.3 is 6.09 Å². The molecule has 3 aromatic rings. The summed E-state index contributed by atoms with van der Waals surface area (Å²) in [5, 5.41) is 37.1. The van der Waals surface area contributed by atoms with E-state index < -0.39 is 29.7 Å². The number of amides is 2. The maximum Gasteiger partial charge on any atom is 0.412 e. The van der Waals surface area contributed by atoms with E-state index in [4.69, 9.17) is 19.0 Å². The molecule has 3 aromatic carbocycles. The van der Waals surface area contributed by atoms with Gasteiger partial charge in [0.15, 0.2) is 0 Å². The van der Waals surface area contributed by atoms with Gasteiger partial charge in [0.2, 0.25) is 5.79 Å². The number of allylic oxidation sites excluding steroid dienone is 1. The van der Waals surface area contributed by atoms with Gasteiger partial charge in [-0.05, 0) is 110 Å². The molecule has 6 atom stereocenters. The van der Waals surface area contributed by atoms with Gasteiger partial charge in [0.1, 0.15) is 30.5 Å². The summed E-state index contributed by atoms with van der Waals surface area (Å²) in [4.78, 5) is 35.9. The van der Waals surface area contributed by atoms with Crippen molar-refractivity contribution in [1.29, 1.82) is 5.26 Å². The molecular formula is C56H73FN4O8. The number of ether oxygens (including phenoxy) is 3. The van der Waals surface area contributed by atoms with Gasteiger partial charge < -0.3 is 39.5 Å². The zero-order valence-electron chi connectivity index (χ0n) is 40.7. The Kier molecular flexibility index (Phi) is 20.7. The molecule has 1 aliphatic heterocycles. The number of halogens is 1. The Labute approximate surface area is 408 Å². The molecule has 0 unspecified atom stereocenters. The van der Waals surface area contributed by atoms with Crippen molar-refractivity contribution in [1.82, 2.24) is 10.2 Å². The summed E-state index contributed by atoms with van der Waals surface area (Å²) in [6.45, 7) is 6.97. The average Bonchev–Trinajstić information content (AvgIpc) is 3.36. The van der Waals surface area contributed by atoms with Crippen LogP contribution in [0.15, 0.2) is 96.2 Å². The Morgan fingerprint density at radius 1 is 0.928 bits per heavy atom. The molecule has 13 heteroatoms. The molecule has 0 bridgehead atoms. The van der Waals surface area contributed by atoms with Crippen LogP contribution in [0.25, 0.3) is 0 Å². The Hall–Kier alpha value is -5.55. The van der Waals surface area contributed by atoms with E-state index in [1.54, 1.807) is 53.4 Å². The first kappa shape index (κ1) is 52.8. The summed E-state index contributed by atoms with van der Waals surface area (Å²) in [6.07, 6.45) is 19.7. The number of aliphatic hydroxyl groups is 2. The third-order valence-electron chi connectivity index (χ3n) is 14.0. The highest BCUT2D eigenvalue weighted by molar-refractivity contribution is 6.03. The Morgan fingerprint density at radius 2 is 1.61 bits per heavy atom. The molecule has 12 nitrogen and oxygen atoms in total. The summed E-state index contributed by atoms with van der Waals surface area (Å²) in [7, 11) is 1.49. The van der Waals surface area contributed by atoms with Crippen molar-refractivity contribution >= 4 is 17.7 Å². The maximum absolute atomic E-state index is 15.2. The van der Waals surface area contributed by atoms with Gasteiger partial charge in [0.05, 0.1) is 29.9 Å². The lowest BCUT2D eigenvalue weighted by molar-refractivity contribution is -0.255. The largest absolute Gasteiger partial charge is 0.459 e. The molecule has 1 heterocycles. The van der Waals surface area contributed by atoms with Crippen molar-refractivity contribution < 1.29 is 43.2 Å². The third-order valence-corrected chi connectivity index (χ3v) is 14.0. The van der Waals surface area contributed by atoms with Crippen LogP contribution in [-0.2, 0) is 16.1 Å². The van der Waals surface area contributed by atoms with Crippen molar-refractivity contribution in [3.05, 3.63) is 119 Å². The number of oxime groups is 1. The number of nitrogens with zero attached hydrogens (tertiary/aromatic N) is 3. The van der Waals surface area contributed by atoms with Crippen LogP contribution in [0.4, 0.5) is 9.18 Å². The fourth-order valence-electron chi connectivity index (χ4n) is 10.7. The van der Waals surface area contributed by atoms with Crippen molar-refractivity contribution in [3.8, 4) is 17.6 Å².